The minimum absolute atomic E-state index is 0.281. The monoisotopic (exact) mass is 338 g/mol. The van der Waals surface area contributed by atoms with Crippen molar-refractivity contribution in [3.05, 3.63) is 82.6 Å². The fourth-order valence-corrected chi connectivity index (χ4v) is 2.53. The van der Waals surface area contributed by atoms with Gasteiger partial charge in [0, 0.05) is 5.56 Å². The van der Waals surface area contributed by atoms with Gasteiger partial charge in [0.2, 0.25) is 0 Å². The second-order valence-corrected chi connectivity index (χ2v) is 5.46. The molecule has 0 radical (unpaired) electrons. The number of hydrogen-bond acceptors (Lipinski definition) is 3. The molecule has 1 heterocycles. The number of amides is 1. The number of hydrogen-bond donors (Lipinski definition) is 1. The number of carbonyl (C=O) groups is 1. The first-order valence-corrected chi connectivity index (χ1v) is 7.73. The summed E-state index contributed by atoms with van der Waals surface area (Å²) in [5, 5.41) is 8.84. The van der Waals surface area contributed by atoms with E-state index in [-0.39, 0.29) is 5.91 Å². The number of carbonyl (C=O) groups excluding carboxylic acids is 1. The van der Waals surface area contributed by atoms with Crippen molar-refractivity contribution in [2.75, 3.05) is 0 Å². The number of benzene rings is 2. The van der Waals surface area contributed by atoms with Gasteiger partial charge in [-0.05, 0) is 31.2 Å². The van der Waals surface area contributed by atoms with Crippen LogP contribution in [0.4, 0.5) is 0 Å². The van der Waals surface area contributed by atoms with Crippen LogP contribution >= 0.6 is 11.6 Å². The molecule has 0 atom stereocenters. The first kappa shape index (κ1) is 16.0. The number of aryl methyl sites for hydroxylation is 1. The second kappa shape index (κ2) is 7.10. The standard InChI is InChI=1S/C18H15ClN4O/c1-13-16(12-20-21-18(24)14-8-4-2-5-9-14)17(19)23(22-13)15-10-6-3-7-11-15/h2-12H,1H3,(H,21,24). The lowest BCUT2D eigenvalue weighted by atomic mass is 10.2. The maximum atomic E-state index is 12.0. The zero-order valence-electron chi connectivity index (χ0n) is 13.0. The van der Waals surface area contributed by atoms with Gasteiger partial charge in [0.05, 0.1) is 23.2 Å². The van der Waals surface area contributed by atoms with Crippen molar-refractivity contribution < 1.29 is 4.79 Å². The van der Waals surface area contributed by atoms with Gasteiger partial charge in [-0.2, -0.15) is 10.2 Å². The fraction of sp³-hybridized carbons (Fsp3) is 0.0556. The molecule has 0 spiro atoms. The molecular formula is C18H15ClN4O. The van der Waals surface area contributed by atoms with Crippen LogP contribution in [0.5, 0.6) is 0 Å². The summed E-state index contributed by atoms with van der Waals surface area (Å²) in [5.41, 5.74) is 5.27. The number of aromatic nitrogens is 2. The van der Waals surface area contributed by atoms with Gasteiger partial charge in [-0.1, -0.05) is 48.0 Å². The SMILES string of the molecule is Cc1nn(-c2ccccc2)c(Cl)c1C=NNC(=O)c1ccccc1. The van der Waals surface area contributed by atoms with Crippen molar-refractivity contribution in [2.45, 2.75) is 6.92 Å². The molecule has 0 unspecified atom stereocenters. The zero-order valence-corrected chi connectivity index (χ0v) is 13.7. The summed E-state index contributed by atoms with van der Waals surface area (Å²) >= 11 is 6.39. The summed E-state index contributed by atoms with van der Waals surface area (Å²) in [7, 11) is 0. The first-order chi connectivity index (χ1) is 11.7. The number of para-hydroxylation sites is 1. The molecular weight excluding hydrogens is 324 g/mol. The lowest BCUT2D eigenvalue weighted by molar-refractivity contribution is 0.0955. The molecule has 0 aliphatic heterocycles. The zero-order chi connectivity index (χ0) is 16.9. The summed E-state index contributed by atoms with van der Waals surface area (Å²) < 4.78 is 1.64. The van der Waals surface area contributed by atoms with Crippen LogP contribution in [0.1, 0.15) is 21.6 Å². The Balaban J connectivity index is 1.78. The lowest BCUT2D eigenvalue weighted by Gasteiger charge is -2.02. The van der Waals surface area contributed by atoms with E-state index in [0.717, 1.165) is 11.4 Å². The van der Waals surface area contributed by atoms with Gasteiger partial charge in [0.25, 0.3) is 5.91 Å². The molecule has 24 heavy (non-hydrogen) atoms. The molecule has 3 aromatic rings. The highest BCUT2D eigenvalue weighted by Crippen LogP contribution is 2.21. The van der Waals surface area contributed by atoms with Crippen LogP contribution in [0.2, 0.25) is 5.15 Å². The molecule has 1 aromatic heterocycles. The van der Waals surface area contributed by atoms with E-state index in [1.54, 1.807) is 28.9 Å². The van der Waals surface area contributed by atoms with Crippen molar-refractivity contribution >= 4 is 23.7 Å². The molecule has 2 aromatic carbocycles. The van der Waals surface area contributed by atoms with E-state index in [2.05, 4.69) is 15.6 Å². The molecule has 1 N–H and O–H groups in total. The third-order valence-electron chi connectivity index (χ3n) is 3.44. The predicted octanol–water partition coefficient (Wildman–Crippen LogP) is 3.60. The summed E-state index contributed by atoms with van der Waals surface area (Å²) in [4.78, 5) is 12.0. The third kappa shape index (κ3) is 3.36. The van der Waals surface area contributed by atoms with Gasteiger partial charge < -0.3 is 0 Å². The second-order valence-electron chi connectivity index (χ2n) is 5.10. The summed E-state index contributed by atoms with van der Waals surface area (Å²) in [6.07, 6.45) is 1.50. The number of rotatable bonds is 4. The Hall–Kier alpha value is -2.92. The van der Waals surface area contributed by atoms with Crippen molar-refractivity contribution in [3.63, 3.8) is 0 Å². The van der Waals surface area contributed by atoms with Gasteiger partial charge in [-0.25, -0.2) is 10.1 Å². The van der Waals surface area contributed by atoms with Gasteiger partial charge in [0.1, 0.15) is 5.15 Å². The third-order valence-corrected chi connectivity index (χ3v) is 3.81. The number of nitrogens with zero attached hydrogens (tertiary/aromatic N) is 3. The van der Waals surface area contributed by atoms with E-state index in [1.807, 2.05) is 43.3 Å². The van der Waals surface area contributed by atoms with Gasteiger partial charge in [-0.3, -0.25) is 4.79 Å². The van der Waals surface area contributed by atoms with Crippen molar-refractivity contribution in [1.82, 2.24) is 15.2 Å². The first-order valence-electron chi connectivity index (χ1n) is 7.36. The molecule has 6 heteroatoms. The topological polar surface area (TPSA) is 59.3 Å². The van der Waals surface area contributed by atoms with E-state index in [9.17, 15) is 4.79 Å². The molecule has 0 aliphatic rings. The molecule has 0 saturated heterocycles. The van der Waals surface area contributed by atoms with E-state index in [4.69, 9.17) is 11.6 Å². The fourth-order valence-electron chi connectivity index (χ4n) is 2.21. The Kier molecular flexibility index (Phi) is 4.72. The van der Waals surface area contributed by atoms with Crippen molar-refractivity contribution in [3.8, 4) is 5.69 Å². The Morgan fingerprint density at radius 1 is 1.12 bits per heavy atom. The average molecular weight is 339 g/mol. The van der Waals surface area contributed by atoms with Crippen LogP contribution in [-0.4, -0.2) is 21.9 Å². The molecule has 0 aliphatic carbocycles. The molecule has 1 amide bonds. The number of halogens is 1. The van der Waals surface area contributed by atoms with Crippen LogP contribution in [0, 0.1) is 6.92 Å². The maximum Gasteiger partial charge on any atom is 0.271 e. The molecule has 3 rings (SSSR count). The van der Waals surface area contributed by atoms with E-state index in [1.165, 1.54) is 6.21 Å². The van der Waals surface area contributed by atoms with Crippen LogP contribution in [0.15, 0.2) is 65.8 Å². The van der Waals surface area contributed by atoms with E-state index < -0.39 is 0 Å². The molecule has 0 bridgehead atoms. The Morgan fingerprint density at radius 3 is 2.42 bits per heavy atom. The Morgan fingerprint density at radius 2 is 1.75 bits per heavy atom. The van der Waals surface area contributed by atoms with Crippen LogP contribution in [0.3, 0.4) is 0 Å². The maximum absolute atomic E-state index is 12.0. The van der Waals surface area contributed by atoms with E-state index in [0.29, 0.717) is 16.3 Å². The van der Waals surface area contributed by atoms with Crippen molar-refractivity contribution in [1.29, 1.82) is 0 Å². The largest absolute Gasteiger partial charge is 0.271 e. The normalized spacial score (nSPS) is 10.9. The van der Waals surface area contributed by atoms with Crippen LogP contribution < -0.4 is 5.43 Å². The lowest BCUT2D eigenvalue weighted by Crippen LogP contribution is -2.17. The van der Waals surface area contributed by atoms with E-state index >= 15 is 0 Å². The van der Waals surface area contributed by atoms with Gasteiger partial charge >= 0.3 is 0 Å². The molecule has 0 fully saturated rings. The van der Waals surface area contributed by atoms with Crippen LogP contribution in [-0.2, 0) is 0 Å². The quantitative estimate of drug-likeness (QED) is 0.583. The summed E-state index contributed by atoms with van der Waals surface area (Å²) in [6, 6.07) is 18.5. The van der Waals surface area contributed by atoms with Gasteiger partial charge in [-0.15, -0.1) is 0 Å². The highest BCUT2D eigenvalue weighted by atomic mass is 35.5. The Labute approximate surface area is 144 Å². The smallest absolute Gasteiger partial charge is 0.267 e. The van der Waals surface area contributed by atoms with Gasteiger partial charge in [0.15, 0.2) is 0 Å². The molecule has 5 nitrogen and oxygen atoms in total. The Bertz CT molecular complexity index is 873. The number of hydrazone groups is 1. The highest BCUT2D eigenvalue weighted by Gasteiger charge is 2.13. The average Bonchev–Trinajstić information content (AvgIpc) is 2.91. The molecule has 120 valence electrons. The molecule has 0 saturated carbocycles. The number of nitrogens with one attached hydrogen (secondary N) is 1. The summed E-state index contributed by atoms with van der Waals surface area (Å²) in [5.74, 6) is -0.281. The van der Waals surface area contributed by atoms with Crippen molar-refractivity contribution in [2.24, 2.45) is 5.10 Å². The van der Waals surface area contributed by atoms with Crippen LogP contribution in [0.25, 0.3) is 5.69 Å². The predicted molar refractivity (Wildman–Crippen MR) is 94.8 cm³/mol. The minimum atomic E-state index is -0.281. The highest BCUT2D eigenvalue weighted by molar-refractivity contribution is 6.32. The summed E-state index contributed by atoms with van der Waals surface area (Å²) in [6.45, 7) is 1.84. The minimum Gasteiger partial charge on any atom is -0.267 e.